The molecule has 0 saturated carbocycles. The number of carbonyl (C=O) groups is 1. The van der Waals surface area contributed by atoms with Gasteiger partial charge in [0.25, 0.3) is 5.91 Å². The molecule has 0 aromatic heterocycles. The molecule has 0 aliphatic carbocycles. The van der Waals surface area contributed by atoms with Gasteiger partial charge in [0.1, 0.15) is 4.90 Å². The van der Waals surface area contributed by atoms with Crippen LogP contribution in [0.3, 0.4) is 0 Å². The van der Waals surface area contributed by atoms with Gasteiger partial charge in [-0.05, 0) is 31.0 Å². The molecule has 8 heteroatoms. The third kappa shape index (κ3) is 4.72. The smallest absolute Gasteiger partial charge is 0.253 e. The highest BCUT2D eigenvalue weighted by molar-refractivity contribution is 7.89. The van der Waals surface area contributed by atoms with Crippen LogP contribution in [0.15, 0.2) is 23.1 Å². The molecular formula is C17H22ClN3O3S. The Morgan fingerprint density at radius 3 is 2.52 bits per heavy atom. The van der Waals surface area contributed by atoms with Gasteiger partial charge in [-0.15, -0.1) is 0 Å². The van der Waals surface area contributed by atoms with Gasteiger partial charge in [0.2, 0.25) is 10.0 Å². The first-order valence-corrected chi connectivity index (χ1v) is 10.1. The van der Waals surface area contributed by atoms with Crippen LogP contribution in [0.1, 0.15) is 42.5 Å². The van der Waals surface area contributed by atoms with Crippen molar-refractivity contribution in [2.45, 2.75) is 37.0 Å². The van der Waals surface area contributed by atoms with Gasteiger partial charge in [-0.1, -0.05) is 24.4 Å². The highest BCUT2D eigenvalue weighted by Gasteiger charge is 2.28. The number of hydrogen-bond acceptors (Lipinski definition) is 4. The van der Waals surface area contributed by atoms with E-state index in [1.54, 1.807) is 7.05 Å². The number of rotatable bonds is 5. The zero-order chi connectivity index (χ0) is 18.4. The van der Waals surface area contributed by atoms with Gasteiger partial charge in [0, 0.05) is 32.2 Å². The van der Waals surface area contributed by atoms with E-state index in [0.717, 1.165) is 25.7 Å². The van der Waals surface area contributed by atoms with Crippen molar-refractivity contribution < 1.29 is 13.2 Å². The van der Waals surface area contributed by atoms with Crippen molar-refractivity contribution in [3.05, 3.63) is 28.8 Å². The quantitative estimate of drug-likeness (QED) is 0.782. The average Bonchev–Trinajstić information content (AvgIpc) is 2.89. The molecule has 0 radical (unpaired) electrons. The molecule has 0 bridgehead atoms. The van der Waals surface area contributed by atoms with Crippen molar-refractivity contribution in [2.24, 2.45) is 0 Å². The van der Waals surface area contributed by atoms with Gasteiger partial charge in [-0.3, -0.25) is 4.79 Å². The van der Waals surface area contributed by atoms with Crippen molar-refractivity contribution in [3.8, 4) is 6.07 Å². The number of benzene rings is 1. The number of nitriles is 1. The van der Waals surface area contributed by atoms with E-state index in [0.29, 0.717) is 13.1 Å². The Morgan fingerprint density at radius 1 is 1.28 bits per heavy atom. The number of amides is 1. The van der Waals surface area contributed by atoms with Crippen molar-refractivity contribution >= 4 is 27.5 Å². The largest absolute Gasteiger partial charge is 0.341 e. The topological polar surface area (TPSA) is 81.5 Å². The minimum absolute atomic E-state index is 0.0319. The second-order valence-electron chi connectivity index (χ2n) is 6.10. The minimum Gasteiger partial charge on any atom is -0.341 e. The second kappa shape index (κ2) is 8.65. The summed E-state index contributed by atoms with van der Waals surface area (Å²) >= 11 is 6.13. The molecule has 25 heavy (non-hydrogen) atoms. The lowest BCUT2D eigenvalue weighted by atomic mass is 10.2. The molecule has 0 unspecified atom stereocenters. The van der Waals surface area contributed by atoms with Crippen LogP contribution in [-0.4, -0.2) is 50.2 Å². The van der Waals surface area contributed by atoms with Crippen LogP contribution in [0.2, 0.25) is 5.02 Å². The first-order chi connectivity index (χ1) is 11.9. The Bertz CT molecular complexity index is 766. The molecule has 1 aromatic rings. The molecular weight excluding hydrogens is 362 g/mol. The lowest BCUT2D eigenvalue weighted by Gasteiger charge is -2.21. The summed E-state index contributed by atoms with van der Waals surface area (Å²) in [6.45, 7) is 1.23. The van der Waals surface area contributed by atoms with Gasteiger partial charge >= 0.3 is 0 Å². The summed E-state index contributed by atoms with van der Waals surface area (Å²) in [6.07, 6.45) is 3.90. The Balaban J connectivity index is 2.32. The van der Waals surface area contributed by atoms with Gasteiger partial charge < -0.3 is 4.90 Å². The maximum atomic E-state index is 13.0. The second-order valence-corrected chi connectivity index (χ2v) is 8.41. The molecule has 0 atom stereocenters. The number of nitrogens with zero attached hydrogens (tertiary/aromatic N) is 3. The lowest BCUT2D eigenvalue weighted by molar-refractivity contribution is 0.0798. The third-order valence-corrected chi connectivity index (χ3v) is 6.65. The molecule has 0 spiro atoms. The van der Waals surface area contributed by atoms with E-state index in [9.17, 15) is 13.2 Å². The highest BCUT2D eigenvalue weighted by Crippen LogP contribution is 2.28. The molecule has 0 N–H and O–H groups in total. The van der Waals surface area contributed by atoms with E-state index in [4.69, 9.17) is 16.9 Å². The van der Waals surface area contributed by atoms with E-state index in [1.165, 1.54) is 27.4 Å². The molecule has 1 amide bonds. The third-order valence-electron chi connectivity index (χ3n) is 4.27. The monoisotopic (exact) mass is 383 g/mol. The predicted molar refractivity (Wildman–Crippen MR) is 95.9 cm³/mol. The Labute approximate surface area is 154 Å². The summed E-state index contributed by atoms with van der Waals surface area (Å²) in [5, 5.41) is 8.74. The van der Waals surface area contributed by atoms with Crippen molar-refractivity contribution in [2.75, 3.05) is 26.7 Å². The molecule has 1 fully saturated rings. The molecule has 6 nitrogen and oxygen atoms in total. The summed E-state index contributed by atoms with van der Waals surface area (Å²) in [7, 11) is -2.16. The number of hydrogen-bond donors (Lipinski definition) is 0. The molecule has 1 saturated heterocycles. The fourth-order valence-electron chi connectivity index (χ4n) is 2.79. The van der Waals surface area contributed by atoms with Gasteiger partial charge in [0.15, 0.2) is 0 Å². The number of sulfonamides is 1. The summed E-state index contributed by atoms with van der Waals surface area (Å²) in [5.41, 5.74) is 0.248. The normalized spacial score (nSPS) is 16.0. The molecule has 2 rings (SSSR count). The van der Waals surface area contributed by atoms with E-state index in [1.807, 2.05) is 6.07 Å². The van der Waals surface area contributed by atoms with Crippen LogP contribution in [0, 0.1) is 11.3 Å². The van der Waals surface area contributed by atoms with E-state index in [2.05, 4.69) is 0 Å². The van der Waals surface area contributed by atoms with Crippen LogP contribution in [0.4, 0.5) is 0 Å². The van der Waals surface area contributed by atoms with Crippen molar-refractivity contribution in [1.82, 2.24) is 9.21 Å². The zero-order valence-electron chi connectivity index (χ0n) is 14.2. The van der Waals surface area contributed by atoms with Crippen LogP contribution >= 0.6 is 11.6 Å². The molecule has 136 valence electrons. The van der Waals surface area contributed by atoms with Gasteiger partial charge in [0.05, 0.1) is 17.5 Å². The average molecular weight is 384 g/mol. The Kier molecular flexibility index (Phi) is 6.82. The summed E-state index contributed by atoms with van der Waals surface area (Å²) in [5.74, 6) is -0.334. The minimum atomic E-state index is -3.74. The van der Waals surface area contributed by atoms with Crippen LogP contribution in [0.5, 0.6) is 0 Å². The Morgan fingerprint density at radius 2 is 1.92 bits per heavy atom. The summed E-state index contributed by atoms with van der Waals surface area (Å²) < 4.78 is 27.4. The number of carbonyl (C=O) groups excluding carboxylic acids is 1. The van der Waals surface area contributed by atoms with E-state index >= 15 is 0 Å². The predicted octanol–water partition coefficient (Wildman–Crippen LogP) is 2.89. The van der Waals surface area contributed by atoms with Crippen LogP contribution in [0.25, 0.3) is 0 Å². The Hall–Kier alpha value is -1.62. The molecule has 1 aliphatic rings. The zero-order valence-corrected chi connectivity index (χ0v) is 15.8. The SMILES string of the molecule is CN(CCC#N)C(=O)c1ccc(Cl)c(S(=O)(=O)N2CCCCCC2)c1. The standard InChI is InChI=1S/C17H22ClN3O3S/c1-20(10-6-9-19)17(22)14-7-8-15(18)16(13-14)25(23,24)21-11-4-2-3-5-12-21/h7-8,13H,2-6,10-12H2,1H3. The summed E-state index contributed by atoms with van der Waals surface area (Å²) in [4.78, 5) is 13.8. The highest BCUT2D eigenvalue weighted by atomic mass is 35.5. The summed E-state index contributed by atoms with van der Waals surface area (Å²) in [6, 6.07) is 6.27. The van der Waals surface area contributed by atoms with Crippen molar-refractivity contribution in [3.63, 3.8) is 0 Å². The van der Waals surface area contributed by atoms with Gasteiger partial charge in [-0.2, -0.15) is 9.57 Å². The van der Waals surface area contributed by atoms with Gasteiger partial charge in [-0.25, -0.2) is 8.42 Å². The maximum absolute atomic E-state index is 13.0. The molecule has 1 heterocycles. The first-order valence-electron chi connectivity index (χ1n) is 8.30. The molecule has 1 aromatic carbocycles. The molecule has 1 aliphatic heterocycles. The maximum Gasteiger partial charge on any atom is 0.253 e. The van der Waals surface area contributed by atoms with E-state index < -0.39 is 10.0 Å². The lowest BCUT2D eigenvalue weighted by Crippen LogP contribution is -2.32. The van der Waals surface area contributed by atoms with Crippen LogP contribution < -0.4 is 0 Å². The van der Waals surface area contributed by atoms with E-state index in [-0.39, 0.29) is 34.4 Å². The first kappa shape index (κ1) is 19.7. The van der Waals surface area contributed by atoms with Crippen molar-refractivity contribution in [1.29, 1.82) is 5.26 Å². The van der Waals surface area contributed by atoms with Crippen LogP contribution in [-0.2, 0) is 10.0 Å². The number of halogens is 1. The fourth-order valence-corrected chi connectivity index (χ4v) is 4.81. The fraction of sp³-hybridized carbons (Fsp3) is 0.529.